The molecule has 7 aromatic carbocycles. The van der Waals surface area contributed by atoms with Crippen LogP contribution in [0.2, 0.25) is 0 Å². The number of aromatic nitrogens is 4. The van der Waals surface area contributed by atoms with Crippen LogP contribution in [0.4, 0.5) is 0 Å². The first-order valence-corrected chi connectivity index (χ1v) is 19.9. The number of pyridine rings is 2. The smallest absolute Gasteiger partial charge is 0.211 e. The third-order valence-electron chi connectivity index (χ3n) is 11.4. The minimum absolute atomic E-state index is 0.131. The molecule has 4 aromatic heterocycles. The van der Waals surface area contributed by atoms with E-state index in [0.29, 0.717) is 22.5 Å². The normalized spacial score (nSPS) is 11.5. The Morgan fingerprint density at radius 1 is 0.367 bits per heavy atom. The van der Waals surface area contributed by atoms with Gasteiger partial charge in [0.15, 0.2) is 0 Å². The van der Waals surface area contributed by atoms with E-state index in [1.165, 1.54) is 0 Å². The highest BCUT2D eigenvalue weighted by molar-refractivity contribution is 6.33. The van der Waals surface area contributed by atoms with Crippen LogP contribution in [-0.2, 0) is 0 Å². The van der Waals surface area contributed by atoms with Crippen molar-refractivity contribution >= 4 is 55.2 Å². The maximum atomic E-state index is 13.7. The van der Waals surface area contributed by atoms with Gasteiger partial charge in [-0.1, -0.05) is 146 Å². The molecule has 0 radical (unpaired) electrons. The van der Waals surface area contributed by atoms with Crippen molar-refractivity contribution in [3.8, 4) is 33.6 Å². The van der Waals surface area contributed by atoms with Crippen LogP contribution in [-0.4, -0.2) is 30.7 Å². The topological polar surface area (TPSA) is 69.8 Å². The minimum atomic E-state index is -0.131. The van der Waals surface area contributed by atoms with Gasteiger partial charge in [0, 0.05) is 78.7 Å². The summed E-state index contributed by atoms with van der Waals surface area (Å²) in [4.78, 5) is 37.1. The average Bonchev–Trinajstić information content (AvgIpc) is 3.85. The number of carbonyl (C=O) groups is 2. The Morgan fingerprint density at radius 2 is 0.717 bits per heavy atom. The van der Waals surface area contributed by atoms with Crippen LogP contribution in [0.15, 0.2) is 207 Å². The zero-order chi connectivity index (χ0) is 40.2. The molecule has 0 unspecified atom stereocenters. The summed E-state index contributed by atoms with van der Waals surface area (Å²) in [6.45, 7) is 0. The molecule has 6 nitrogen and oxygen atoms in total. The Labute approximate surface area is 345 Å². The van der Waals surface area contributed by atoms with E-state index in [2.05, 4.69) is 106 Å². The molecule has 11 aromatic rings. The highest BCUT2D eigenvalue weighted by atomic mass is 16.1. The SMILES string of the molecule is O=C(c1ccccc1)c1ccc(-c2c3c4ccccc4n(-c4ccccc4)c3c(-c3ccc(C(=O)c4ccccc4)nc3)c3c4ccccc4n(-c4ccccc4)c23)cn1. The van der Waals surface area contributed by atoms with Crippen LogP contribution >= 0.6 is 0 Å². The van der Waals surface area contributed by atoms with Crippen molar-refractivity contribution < 1.29 is 9.59 Å². The summed E-state index contributed by atoms with van der Waals surface area (Å²) in [6, 6.07) is 64.2. The largest absolute Gasteiger partial charge is 0.309 e. The van der Waals surface area contributed by atoms with Gasteiger partial charge in [0.05, 0.1) is 22.1 Å². The number of ketones is 2. The Balaban J connectivity index is 1.31. The standard InChI is InChI=1S/C54H34N4O2/c59-53(35-17-5-1-6-18-35)43-31-29-37(33-55-43)47-49-41-25-13-15-27-45(41)58(40-23-11-4-12-24-40)52(49)48(38-30-32-44(56-34-38)54(60)36-19-7-2-8-20-36)50-42-26-14-16-28-46(42)57(51(47)50)39-21-9-3-10-22-39/h1-34H. The molecule has 60 heavy (non-hydrogen) atoms. The Kier molecular flexibility index (Phi) is 8.34. The minimum Gasteiger partial charge on any atom is -0.309 e. The highest BCUT2D eigenvalue weighted by Crippen LogP contribution is 2.51. The molecule has 0 bridgehead atoms. The molecule has 0 aliphatic carbocycles. The van der Waals surface area contributed by atoms with E-state index in [4.69, 9.17) is 9.97 Å². The fraction of sp³-hybridized carbons (Fsp3) is 0. The first kappa shape index (κ1) is 35.0. The summed E-state index contributed by atoms with van der Waals surface area (Å²) >= 11 is 0. The Bertz CT molecular complexity index is 3180. The van der Waals surface area contributed by atoms with Gasteiger partial charge in [-0.05, 0) is 48.5 Å². The van der Waals surface area contributed by atoms with Crippen molar-refractivity contribution in [1.29, 1.82) is 0 Å². The molecule has 0 saturated heterocycles. The molecule has 0 fully saturated rings. The third-order valence-corrected chi connectivity index (χ3v) is 11.4. The third kappa shape index (κ3) is 5.57. The predicted molar refractivity (Wildman–Crippen MR) is 241 cm³/mol. The molecule has 0 spiro atoms. The molecule has 0 amide bonds. The lowest BCUT2D eigenvalue weighted by Gasteiger charge is -2.18. The van der Waals surface area contributed by atoms with E-state index >= 15 is 0 Å². The summed E-state index contributed by atoms with van der Waals surface area (Å²) in [6.07, 6.45) is 3.69. The molecule has 11 rings (SSSR count). The molecule has 0 saturated carbocycles. The van der Waals surface area contributed by atoms with Crippen LogP contribution in [0.5, 0.6) is 0 Å². The van der Waals surface area contributed by atoms with Crippen LogP contribution in [0.3, 0.4) is 0 Å². The van der Waals surface area contributed by atoms with Gasteiger partial charge < -0.3 is 9.13 Å². The summed E-state index contributed by atoms with van der Waals surface area (Å²) in [5, 5.41) is 4.19. The maximum absolute atomic E-state index is 13.7. The van der Waals surface area contributed by atoms with Crippen molar-refractivity contribution in [3.05, 3.63) is 229 Å². The van der Waals surface area contributed by atoms with Crippen molar-refractivity contribution in [1.82, 2.24) is 19.1 Å². The Morgan fingerprint density at radius 3 is 1.08 bits per heavy atom. The summed E-state index contributed by atoms with van der Waals surface area (Å²) in [7, 11) is 0. The van der Waals surface area contributed by atoms with E-state index in [9.17, 15) is 9.59 Å². The number of fused-ring (bicyclic) bond motifs is 6. The second kappa shape index (κ2) is 14.3. The predicted octanol–water partition coefficient (Wildman–Crippen LogP) is 12.5. The molecule has 0 aliphatic rings. The van der Waals surface area contributed by atoms with Crippen LogP contribution in [0, 0.1) is 0 Å². The molecule has 0 aliphatic heterocycles. The van der Waals surface area contributed by atoms with Gasteiger partial charge in [-0.25, -0.2) is 0 Å². The summed E-state index contributed by atoms with van der Waals surface area (Å²) < 4.78 is 4.70. The number of hydrogen-bond acceptors (Lipinski definition) is 4. The molecular weight excluding hydrogens is 737 g/mol. The zero-order valence-electron chi connectivity index (χ0n) is 32.2. The van der Waals surface area contributed by atoms with Crippen molar-refractivity contribution in [2.75, 3.05) is 0 Å². The van der Waals surface area contributed by atoms with Crippen molar-refractivity contribution in [2.45, 2.75) is 0 Å². The lowest BCUT2D eigenvalue weighted by molar-refractivity contribution is 0.102. The number of hydrogen-bond donors (Lipinski definition) is 0. The fourth-order valence-corrected chi connectivity index (χ4v) is 8.78. The monoisotopic (exact) mass is 770 g/mol. The summed E-state index contributed by atoms with van der Waals surface area (Å²) in [5.74, 6) is -0.262. The van der Waals surface area contributed by atoms with Crippen molar-refractivity contribution in [2.24, 2.45) is 0 Å². The molecule has 0 atom stereocenters. The number of rotatable bonds is 8. The van der Waals surface area contributed by atoms with E-state index in [0.717, 1.165) is 77.2 Å². The maximum Gasteiger partial charge on any atom is 0.211 e. The molecule has 0 N–H and O–H groups in total. The van der Waals surface area contributed by atoms with Crippen LogP contribution in [0.25, 0.3) is 77.2 Å². The average molecular weight is 771 g/mol. The van der Waals surface area contributed by atoms with Gasteiger partial charge >= 0.3 is 0 Å². The molecular formula is C54H34N4O2. The fourth-order valence-electron chi connectivity index (χ4n) is 8.78. The first-order valence-electron chi connectivity index (χ1n) is 19.9. The van der Waals surface area contributed by atoms with E-state index < -0.39 is 0 Å². The van der Waals surface area contributed by atoms with Gasteiger partial charge in [-0.2, -0.15) is 0 Å². The molecule has 282 valence electrons. The van der Waals surface area contributed by atoms with Gasteiger partial charge in [0.25, 0.3) is 0 Å². The highest BCUT2D eigenvalue weighted by Gasteiger charge is 2.29. The molecule has 6 heteroatoms. The van der Waals surface area contributed by atoms with E-state index in [1.807, 2.05) is 109 Å². The quantitative estimate of drug-likeness (QED) is 0.144. The summed E-state index contributed by atoms with van der Waals surface area (Å²) in [5.41, 5.74) is 11.7. The number of para-hydroxylation sites is 4. The lowest BCUT2D eigenvalue weighted by atomic mass is 9.90. The molecule has 4 heterocycles. The second-order valence-corrected chi connectivity index (χ2v) is 14.8. The number of carbonyl (C=O) groups excluding carboxylic acids is 2. The van der Waals surface area contributed by atoms with Gasteiger partial charge in [-0.15, -0.1) is 0 Å². The van der Waals surface area contributed by atoms with Gasteiger partial charge in [0.1, 0.15) is 11.4 Å². The van der Waals surface area contributed by atoms with E-state index in [-0.39, 0.29) is 11.6 Å². The first-order chi connectivity index (χ1) is 29.7. The second-order valence-electron chi connectivity index (χ2n) is 14.8. The van der Waals surface area contributed by atoms with Gasteiger partial charge in [-0.3, -0.25) is 19.6 Å². The van der Waals surface area contributed by atoms with Gasteiger partial charge in [0.2, 0.25) is 11.6 Å². The Hall–Kier alpha value is -8.22. The number of benzene rings is 7. The van der Waals surface area contributed by atoms with Crippen LogP contribution in [0.1, 0.15) is 32.1 Å². The van der Waals surface area contributed by atoms with Crippen molar-refractivity contribution in [3.63, 3.8) is 0 Å². The van der Waals surface area contributed by atoms with E-state index in [1.54, 1.807) is 0 Å². The number of nitrogens with zero attached hydrogens (tertiary/aromatic N) is 4. The zero-order valence-corrected chi connectivity index (χ0v) is 32.2. The van der Waals surface area contributed by atoms with Crippen LogP contribution < -0.4 is 0 Å². The lowest BCUT2D eigenvalue weighted by Crippen LogP contribution is -2.04.